The van der Waals surface area contributed by atoms with Crippen LogP contribution in [0.3, 0.4) is 0 Å². The van der Waals surface area contributed by atoms with Crippen LogP contribution in [0.4, 0.5) is 4.39 Å². The first-order chi connectivity index (χ1) is 16.2. The Morgan fingerprint density at radius 3 is 2.88 bits per heavy atom. The summed E-state index contributed by atoms with van der Waals surface area (Å²) in [5, 5.41) is 12.4. The van der Waals surface area contributed by atoms with Crippen LogP contribution in [0.1, 0.15) is 24.3 Å². The summed E-state index contributed by atoms with van der Waals surface area (Å²) >= 11 is 0. The Hall–Kier alpha value is -3.04. The molecule has 1 aromatic carbocycles. The number of piperidine rings is 1. The summed E-state index contributed by atoms with van der Waals surface area (Å²) < 4.78 is 28.1. The van der Waals surface area contributed by atoms with Crippen LogP contribution >= 0.6 is 0 Å². The summed E-state index contributed by atoms with van der Waals surface area (Å²) in [7, 11) is 0. The zero-order chi connectivity index (χ0) is 22.4. The van der Waals surface area contributed by atoms with Gasteiger partial charge < -0.3 is 24.3 Å². The Bertz CT molecular complexity index is 1240. The van der Waals surface area contributed by atoms with Gasteiger partial charge in [0, 0.05) is 49.3 Å². The largest absolute Gasteiger partial charge is 0.484 e. The molecule has 2 atom stereocenters. The van der Waals surface area contributed by atoms with Gasteiger partial charge in [0.25, 0.3) is 11.4 Å². The predicted molar refractivity (Wildman–Crippen MR) is 120 cm³/mol. The maximum absolute atomic E-state index is 14.7. The lowest BCUT2D eigenvalue weighted by Crippen LogP contribution is -2.47. The first-order valence-electron chi connectivity index (χ1n) is 11.5. The minimum Gasteiger partial charge on any atom is -0.484 e. The van der Waals surface area contributed by atoms with Crippen LogP contribution in [0.5, 0.6) is 11.6 Å². The van der Waals surface area contributed by atoms with E-state index < -0.39 is 0 Å². The van der Waals surface area contributed by atoms with E-state index in [2.05, 4.69) is 20.4 Å². The lowest BCUT2D eigenvalue weighted by Gasteiger charge is -2.35. The van der Waals surface area contributed by atoms with E-state index in [0.29, 0.717) is 42.9 Å². The highest BCUT2D eigenvalue weighted by molar-refractivity contribution is 5.84. The Balaban J connectivity index is 1.04. The van der Waals surface area contributed by atoms with Gasteiger partial charge in [-0.25, -0.2) is 4.39 Å². The summed E-state index contributed by atoms with van der Waals surface area (Å²) in [5.41, 5.74) is 1.41. The fraction of sp³-hybridized carbons (Fsp3) is 0.458. The molecule has 1 N–H and O–H groups in total. The van der Waals surface area contributed by atoms with Crippen molar-refractivity contribution in [3.05, 3.63) is 58.3 Å². The SMILES string of the molecule is O=c1ccc2ccc(F)c3c2n1CC3CN1CCC(NC[C@H]2COc3ccnnc3O2)CC1. The number of pyridine rings is 1. The van der Waals surface area contributed by atoms with Gasteiger partial charge in [-0.1, -0.05) is 0 Å². The molecule has 3 aliphatic rings. The van der Waals surface area contributed by atoms with Crippen molar-refractivity contribution in [1.82, 2.24) is 25.0 Å². The number of nitrogens with one attached hydrogen (secondary N) is 1. The van der Waals surface area contributed by atoms with Gasteiger partial charge in [-0.3, -0.25) is 4.79 Å². The van der Waals surface area contributed by atoms with Gasteiger partial charge in [-0.05, 0) is 49.5 Å². The van der Waals surface area contributed by atoms with Crippen LogP contribution < -0.4 is 20.3 Å². The van der Waals surface area contributed by atoms with Crippen molar-refractivity contribution < 1.29 is 13.9 Å². The first kappa shape index (κ1) is 20.6. The molecule has 8 nitrogen and oxygen atoms in total. The van der Waals surface area contributed by atoms with Gasteiger partial charge in [0.05, 0.1) is 11.7 Å². The molecule has 0 aliphatic carbocycles. The number of fused-ring (bicyclic) bond motifs is 1. The zero-order valence-electron chi connectivity index (χ0n) is 18.2. The van der Waals surface area contributed by atoms with Crippen LogP contribution in [-0.2, 0) is 6.54 Å². The van der Waals surface area contributed by atoms with Gasteiger partial charge in [0.1, 0.15) is 18.5 Å². The number of benzene rings is 1. The molecule has 5 heterocycles. The van der Waals surface area contributed by atoms with E-state index in [1.165, 1.54) is 6.07 Å². The number of nitrogens with zero attached hydrogens (tertiary/aromatic N) is 4. The predicted octanol–water partition coefficient (Wildman–Crippen LogP) is 1.92. The number of rotatable bonds is 5. The number of hydrogen-bond acceptors (Lipinski definition) is 7. The van der Waals surface area contributed by atoms with E-state index >= 15 is 0 Å². The lowest BCUT2D eigenvalue weighted by atomic mass is 9.97. The summed E-state index contributed by atoms with van der Waals surface area (Å²) in [5.74, 6) is 0.881. The third kappa shape index (κ3) is 3.85. The fourth-order valence-electron chi connectivity index (χ4n) is 5.33. The number of aromatic nitrogens is 3. The van der Waals surface area contributed by atoms with Gasteiger partial charge in [0.2, 0.25) is 0 Å². The molecule has 0 radical (unpaired) electrons. The Morgan fingerprint density at radius 1 is 1.15 bits per heavy atom. The molecule has 1 fully saturated rings. The van der Waals surface area contributed by atoms with Gasteiger partial charge >= 0.3 is 0 Å². The molecular weight excluding hydrogens is 425 g/mol. The minimum absolute atomic E-state index is 0.00211. The van der Waals surface area contributed by atoms with Crippen molar-refractivity contribution in [2.24, 2.45) is 0 Å². The van der Waals surface area contributed by atoms with E-state index in [0.717, 1.165) is 43.4 Å². The Morgan fingerprint density at radius 2 is 2.00 bits per heavy atom. The van der Waals surface area contributed by atoms with E-state index in [1.807, 2.05) is 0 Å². The maximum atomic E-state index is 14.7. The molecule has 9 heteroatoms. The van der Waals surface area contributed by atoms with Crippen molar-refractivity contribution in [3.63, 3.8) is 0 Å². The molecule has 1 unspecified atom stereocenters. The first-order valence-corrected chi connectivity index (χ1v) is 11.5. The Kier molecular flexibility index (Phi) is 5.22. The third-order valence-electron chi connectivity index (χ3n) is 7.00. The van der Waals surface area contributed by atoms with Crippen molar-refractivity contribution in [2.45, 2.75) is 37.5 Å². The molecule has 3 aliphatic heterocycles. The average molecular weight is 452 g/mol. The number of ether oxygens (including phenoxy) is 2. The number of halogens is 1. The van der Waals surface area contributed by atoms with E-state index in [1.54, 1.807) is 35.0 Å². The number of likely N-dealkylation sites (tertiary alicyclic amines) is 1. The molecular formula is C24H26FN5O3. The summed E-state index contributed by atoms with van der Waals surface area (Å²) in [4.78, 5) is 14.7. The monoisotopic (exact) mass is 451 g/mol. The highest BCUT2D eigenvalue weighted by atomic mass is 19.1. The molecule has 172 valence electrons. The normalized spacial score (nSPS) is 22.7. The molecule has 6 rings (SSSR count). The summed E-state index contributed by atoms with van der Waals surface area (Å²) in [6, 6.07) is 8.82. The smallest absolute Gasteiger partial charge is 0.276 e. The van der Waals surface area contributed by atoms with Gasteiger partial charge in [-0.2, -0.15) is 5.10 Å². The van der Waals surface area contributed by atoms with Crippen LogP contribution in [-0.4, -0.2) is 64.6 Å². The second-order valence-electron chi connectivity index (χ2n) is 9.11. The highest BCUT2D eigenvalue weighted by Crippen LogP contribution is 2.35. The maximum Gasteiger partial charge on any atom is 0.276 e. The lowest BCUT2D eigenvalue weighted by molar-refractivity contribution is 0.0773. The van der Waals surface area contributed by atoms with Crippen molar-refractivity contribution in [2.75, 3.05) is 32.8 Å². The third-order valence-corrected chi connectivity index (χ3v) is 7.00. The summed E-state index contributed by atoms with van der Waals surface area (Å²) in [6.07, 6.45) is 3.52. The second-order valence-corrected chi connectivity index (χ2v) is 9.11. The van der Waals surface area contributed by atoms with Crippen LogP contribution in [0.15, 0.2) is 41.3 Å². The van der Waals surface area contributed by atoms with E-state index in [-0.39, 0.29) is 23.4 Å². The number of hydrogen-bond donors (Lipinski definition) is 1. The zero-order valence-corrected chi connectivity index (χ0v) is 18.2. The molecule has 0 saturated carbocycles. The Labute approximate surface area is 190 Å². The molecule has 1 saturated heterocycles. The second kappa shape index (κ2) is 8.39. The van der Waals surface area contributed by atoms with Crippen LogP contribution in [0.2, 0.25) is 0 Å². The van der Waals surface area contributed by atoms with E-state index in [4.69, 9.17) is 9.47 Å². The summed E-state index contributed by atoms with van der Waals surface area (Å²) in [6.45, 7) is 4.37. The van der Waals surface area contributed by atoms with Crippen molar-refractivity contribution >= 4 is 10.9 Å². The van der Waals surface area contributed by atoms with Crippen molar-refractivity contribution in [3.8, 4) is 11.6 Å². The molecule has 0 bridgehead atoms. The highest BCUT2D eigenvalue weighted by Gasteiger charge is 2.31. The minimum atomic E-state index is -0.207. The van der Waals surface area contributed by atoms with E-state index in [9.17, 15) is 9.18 Å². The fourth-order valence-corrected chi connectivity index (χ4v) is 5.33. The van der Waals surface area contributed by atoms with Crippen LogP contribution in [0.25, 0.3) is 10.9 Å². The molecule has 0 spiro atoms. The van der Waals surface area contributed by atoms with Crippen molar-refractivity contribution in [1.29, 1.82) is 0 Å². The van der Waals surface area contributed by atoms with Gasteiger partial charge in [-0.15, -0.1) is 5.10 Å². The standard InChI is InChI=1S/C24H26FN5O3/c25-19-3-1-15-2-4-21(31)30-13-16(22(19)23(15)30)12-29-9-6-17(7-10-29)26-11-18-14-32-20-5-8-27-28-24(20)33-18/h1-5,8,16-18,26H,6-7,9-14H2/t16?,18-/m0/s1. The quantitative estimate of drug-likeness (QED) is 0.635. The van der Waals surface area contributed by atoms with Crippen LogP contribution in [0, 0.1) is 5.82 Å². The topological polar surface area (TPSA) is 81.5 Å². The molecule has 3 aromatic rings. The molecule has 33 heavy (non-hydrogen) atoms. The molecule has 0 amide bonds. The molecule has 2 aromatic heterocycles. The average Bonchev–Trinajstić information content (AvgIpc) is 3.23. The van der Waals surface area contributed by atoms with Gasteiger partial charge in [0.15, 0.2) is 5.75 Å².